The molecular formula is C28H29N3O6. The molecule has 3 aromatic rings. The summed E-state index contributed by atoms with van der Waals surface area (Å²) >= 11 is 0. The second kappa shape index (κ2) is 10.1. The molecule has 1 unspecified atom stereocenters. The normalized spacial score (nSPS) is 19.8. The van der Waals surface area contributed by atoms with E-state index in [1.807, 2.05) is 12.1 Å². The van der Waals surface area contributed by atoms with Gasteiger partial charge in [-0.1, -0.05) is 37.8 Å². The van der Waals surface area contributed by atoms with Crippen LogP contribution in [-0.2, 0) is 16.9 Å². The van der Waals surface area contributed by atoms with Crippen molar-refractivity contribution < 1.29 is 23.7 Å². The molecule has 1 aliphatic heterocycles. The van der Waals surface area contributed by atoms with Crippen LogP contribution in [0.2, 0.25) is 0 Å². The van der Waals surface area contributed by atoms with Gasteiger partial charge in [0.15, 0.2) is 0 Å². The van der Waals surface area contributed by atoms with E-state index in [2.05, 4.69) is 5.32 Å². The van der Waals surface area contributed by atoms with E-state index >= 15 is 0 Å². The van der Waals surface area contributed by atoms with Crippen LogP contribution in [0.3, 0.4) is 0 Å². The summed E-state index contributed by atoms with van der Waals surface area (Å²) in [5.74, 6) is 0.109. The number of ether oxygens (including phenoxy) is 1. The number of non-ortho nitro benzene ring substituents is 1. The third-order valence-electron chi connectivity index (χ3n) is 7.38. The van der Waals surface area contributed by atoms with Crippen molar-refractivity contribution in [1.82, 2.24) is 10.2 Å². The minimum Gasteiger partial charge on any atom is -0.497 e. The van der Waals surface area contributed by atoms with Gasteiger partial charge < -0.3 is 19.4 Å². The summed E-state index contributed by atoms with van der Waals surface area (Å²) in [6, 6.07) is 14.6. The summed E-state index contributed by atoms with van der Waals surface area (Å²) in [6.07, 6.45) is 7.50. The van der Waals surface area contributed by atoms with Crippen LogP contribution in [0.1, 0.15) is 65.8 Å². The molecule has 0 bridgehead atoms. The Kier molecular flexibility index (Phi) is 6.69. The summed E-state index contributed by atoms with van der Waals surface area (Å²) in [5.41, 5.74) is -0.560. The first-order valence-corrected chi connectivity index (χ1v) is 12.5. The molecule has 2 heterocycles. The van der Waals surface area contributed by atoms with Crippen LogP contribution < -0.4 is 10.1 Å². The number of benzene rings is 2. The Balaban J connectivity index is 1.65. The minimum absolute atomic E-state index is 0.0260. The van der Waals surface area contributed by atoms with E-state index in [0.717, 1.165) is 44.1 Å². The highest BCUT2D eigenvalue weighted by molar-refractivity contribution is 6.09. The van der Waals surface area contributed by atoms with Gasteiger partial charge in [-0.3, -0.25) is 19.7 Å². The highest BCUT2D eigenvalue weighted by atomic mass is 16.6. The second-order valence-corrected chi connectivity index (χ2v) is 9.58. The molecular weight excluding hydrogens is 474 g/mol. The number of furan rings is 1. The molecule has 1 aromatic heterocycles. The number of nitro benzene ring substituents is 1. The molecule has 37 heavy (non-hydrogen) atoms. The number of hydrogen-bond acceptors (Lipinski definition) is 6. The lowest BCUT2D eigenvalue weighted by atomic mass is 9.85. The van der Waals surface area contributed by atoms with Crippen molar-refractivity contribution in [1.29, 1.82) is 0 Å². The molecule has 0 radical (unpaired) electrons. The van der Waals surface area contributed by atoms with Crippen molar-refractivity contribution in [3.8, 4) is 5.75 Å². The Hall–Kier alpha value is -4.14. The van der Waals surface area contributed by atoms with Crippen molar-refractivity contribution in [2.75, 3.05) is 7.11 Å². The van der Waals surface area contributed by atoms with E-state index < -0.39 is 16.4 Å². The first kappa shape index (κ1) is 24.5. The van der Waals surface area contributed by atoms with Gasteiger partial charge in [0.1, 0.15) is 11.5 Å². The maximum absolute atomic E-state index is 14.4. The van der Waals surface area contributed by atoms with E-state index in [4.69, 9.17) is 9.15 Å². The monoisotopic (exact) mass is 503 g/mol. The molecule has 2 aromatic carbocycles. The number of hydrogen-bond donors (Lipinski definition) is 1. The largest absolute Gasteiger partial charge is 0.497 e. The number of nitro groups is 1. The van der Waals surface area contributed by atoms with Crippen LogP contribution in [0, 0.1) is 10.1 Å². The molecule has 1 aliphatic carbocycles. The molecule has 1 fully saturated rings. The van der Waals surface area contributed by atoms with E-state index in [1.54, 1.807) is 31.4 Å². The zero-order chi connectivity index (χ0) is 26.0. The average Bonchev–Trinajstić information content (AvgIpc) is 3.43. The first-order chi connectivity index (χ1) is 17.9. The predicted molar refractivity (Wildman–Crippen MR) is 135 cm³/mol. The van der Waals surface area contributed by atoms with Gasteiger partial charge in [0.2, 0.25) is 5.54 Å². The van der Waals surface area contributed by atoms with Crippen LogP contribution in [-0.4, -0.2) is 34.8 Å². The SMILES string of the molecule is COc1ccc(CN2C(=O)c3cc([N+](=O)[O-])ccc3C2(C(=O)NC2CCCCCC2)c2ccco2)cc1. The molecule has 2 aliphatic rings. The number of nitrogens with zero attached hydrogens (tertiary/aromatic N) is 2. The fraction of sp³-hybridized carbons (Fsp3) is 0.357. The van der Waals surface area contributed by atoms with Gasteiger partial charge in [0.05, 0.1) is 23.9 Å². The Bertz CT molecular complexity index is 1300. The van der Waals surface area contributed by atoms with Crippen molar-refractivity contribution in [2.24, 2.45) is 0 Å². The molecule has 1 atom stereocenters. The molecule has 1 saturated carbocycles. The molecule has 9 heteroatoms. The summed E-state index contributed by atoms with van der Waals surface area (Å²) in [6.45, 7) is 0.0874. The summed E-state index contributed by atoms with van der Waals surface area (Å²) in [4.78, 5) is 40.7. The van der Waals surface area contributed by atoms with Crippen LogP contribution in [0.5, 0.6) is 5.75 Å². The number of carbonyl (C=O) groups is 2. The van der Waals surface area contributed by atoms with Crippen LogP contribution >= 0.6 is 0 Å². The molecule has 0 saturated heterocycles. The summed E-state index contributed by atoms with van der Waals surface area (Å²) in [5, 5.41) is 14.7. The number of nitrogens with one attached hydrogen (secondary N) is 1. The van der Waals surface area contributed by atoms with Gasteiger partial charge in [0.25, 0.3) is 17.5 Å². The quantitative estimate of drug-likeness (QED) is 0.278. The molecule has 0 spiro atoms. The van der Waals surface area contributed by atoms with Gasteiger partial charge in [-0.25, -0.2) is 0 Å². The minimum atomic E-state index is -1.61. The van der Waals surface area contributed by atoms with Crippen molar-refractivity contribution in [3.05, 3.63) is 93.4 Å². The number of amides is 2. The lowest BCUT2D eigenvalue weighted by molar-refractivity contribution is -0.384. The summed E-state index contributed by atoms with van der Waals surface area (Å²) < 4.78 is 11.1. The standard InChI is InChI=1S/C28H29N3O6/c1-36-22-13-10-19(11-14-22)18-30-26(32)23-17-21(31(34)35)12-15-24(23)28(30,25-9-6-16-37-25)27(33)29-20-7-4-2-3-5-8-20/h6,9-17,20H,2-5,7-8,18H2,1H3,(H,29,33). The zero-order valence-electron chi connectivity index (χ0n) is 20.6. The Morgan fingerprint density at radius 3 is 2.49 bits per heavy atom. The maximum Gasteiger partial charge on any atom is 0.270 e. The smallest absolute Gasteiger partial charge is 0.270 e. The molecule has 192 valence electrons. The highest BCUT2D eigenvalue weighted by Crippen LogP contribution is 2.47. The van der Waals surface area contributed by atoms with Crippen LogP contribution in [0.4, 0.5) is 5.69 Å². The predicted octanol–water partition coefficient (Wildman–Crippen LogP) is 4.94. The first-order valence-electron chi connectivity index (χ1n) is 12.5. The van der Waals surface area contributed by atoms with Crippen molar-refractivity contribution in [2.45, 2.75) is 56.7 Å². The zero-order valence-corrected chi connectivity index (χ0v) is 20.6. The van der Waals surface area contributed by atoms with Gasteiger partial charge in [-0.05, 0) is 48.7 Å². The molecule has 1 N–H and O–H groups in total. The molecule has 5 rings (SSSR count). The van der Waals surface area contributed by atoms with Crippen molar-refractivity contribution in [3.63, 3.8) is 0 Å². The van der Waals surface area contributed by atoms with Gasteiger partial charge in [-0.15, -0.1) is 0 Å². The highest BCUT2D eigenvalue weighted by Gasteiger charge is 2.58. The molecule has 2 amide bonds. The fourth-order valence-electron chi connectivity index (χ4n) is 5.51. The van der Waals surface area contributed by atoms with Gasteiger partial charge >= 0.3 is 0 Å². The third kappa shape index (κ3) is 4.34. The van der Waals surface area contributed by atoms with Gasteiger partial charge in [0, 0.05) is 30.3 Å². The topological polar surface area (TPSA) is 115 Å². The van der Waals surface area contributed by atoms with E-state index in [9.17, 15) is 19.7 Å². The number of carbonyl (C=O) groups excluding carboxylic acids is 2. The fourth-order valence-corrected chi connectivity index (χ4v) is 5.51. The lowest BCUT2D eigenvalue weighted by Crippen LogP contribution is -2.56. The third-order valence-corrected chi connectivity index (χ3v) is 7.38. The Labute approximate surface area is 214 Å². The summed E-state index contributed by atoms with van der Waals surface area (Å²) in [7, 11) is 1.57. The second-order valence-electron chi connectivity index (χ2n) is 9.58. The van der Waals surface area contributed by atoms with E-state index in [1.165, 1.54) is 29.4 Å². The maximum atomic E-state index is 14.4. The average molecular weight is 504 g/mol. The number of methoxy groups -OCH3 is 1. The lowest BCUT2D eigenvalue weighted by Gasteiger charge is -2.37. The van der Waals surface area contributed by atoms with Crippen LogP contribution in [0.25, 0.3) is 0 Å². The van der Waals surface area contributed by atoms with Crippen LogP contribution in [0.15, 0.2) is 65.3 Å². The number of fused-ring (bicyclic) bond motifs is 1. The molecule has 9 nitrogen and oxygen atoms in total. The van der Waals surface area contributed by atoms with E-state index in [0.29, 0.717) is 11.3 Å². The van der Waals surface area contributed by atoms with E-state index in [-0.39, 0.29) is 35.5 Å². The Morgan fingerprint density at radius 1 is 1.14 bits per heavy atom. The van der Waals surface area contributed by atoms with Crippen molar-refractivity contribution >= 4 is 17.5 Å². The number of rotatable bonds is 7. The Morgan fingerprint density at radius 2 is 1.86 bits per heavy atom. The van der Waals surface area contributed by atoms with Gasteiger partial charge in [-0.2, -0.15) is 0 Å².